The Morgan fingerprint density at radius 2 is 2.11 bits per heavy atom. The van der Waals surface area contributed by atoms with Crippen LogP contribution in [0.25, 0.3) is 11.3 Å². The summed E-state index contributed by atoms with van der Waals surface area (Å²) in [7, 11) is 0. The van der Waals surface area contributed by atoms with Gasteiger partial charge in [-0.15, -0.1) is 0 Å². The molecule has 0 aromatic carbocycles. The fourth-order valence-electron chi connectivity index (χ4n) is 4.76. The average Bonchev–Trinajstić information content (AvgIpc) is 3.58. The molecule has 0 saturated carbocycles. The normalized spacial score (nSPS) is 20.5. The van der Waals surface area contributed by atoms with Gasteiger partial charge >= 0.3 is 12.2 Å². The van der Waals surface area contributed by atoms with E-state index in [2.05, 4.69) is 20.5 Å². The number of aryl methyl sites for hydroxylation is 1. The Labute approximate surface area is 205 Å². The lowest BCUT2D eigenvalue weighted by atomic mass is 9.96. The van der Waals surface area contributed by atoms with Crippen molar-refractivity contribution in [2.75, 3.05) is 25.4 Å². The van der Waals surface area contributed by atoms with Gasteiger partial charge in [0.25, 0.3) is 0 Å². The number of halogens is 3. The summed E-state index contributed by atoms with van der Waals surface area (Å²) in [5, 5.41) is 11.9. The van der Waals surface area contributed by atoms with Crippen LogP contribution in [0.3, 0.4) is 0 Å². The van der Waals surface area contributed by atoms with E-state index >= 15 is 0 Å². The summed E-state index contributed by atoms with van der Waals surface area (Å²) in [5.74, 6) is -0.580. The van der Waals surface area contributed by atoms with E-state index < -0.39 is 23.2 Å². The highest BCUT2D eigenvalue weighted by atomic mass is 19.4. The summed E-state index contributed by atoms with van der Waals surface area (Å²) in [4.78, 5) is 18.4. The molecule has 2 amide bonds. The summed E-state index contributed by atoms with van der Waals surface area (Å²) in [6.45, 7) is 6.20. The molecule has 1 unspecified atom stereocenters. The average molecular weight is 505 g/mol. The van der Waals surface area contributed by atoms with E-state index in [1.54, 1.807) is 20.3 Å². The third kappa shape index (κ3) is 4.27. The number of nitrogens with two attached hydrogens (primary N) is 1. The zero-order valence-corrected chi connectivity index (χ0v) is 19.9. The summed E-state index contributed by atoms with van der Waals surface area (Å²) in [6.07, 6.45) is -0.937. The number of alkyl halides is 3. The summed E-state index contributed by atoms with van der Waals surface area (Å²) < 4.78 is 49.7. The molecule has 1 saturated heterocycles. The number of anilines is 1. The van der Waals surface area contributed by atoms with Gasteiger partial charge in [0.2, 0.25) is 0 Å². The fraction of sp³-hybridized carbons (Fsp3) is 0.478. The predicted octanol–water partition coefficient (Wildman–Crippen LogP) is 3.16. The topological polar surface area (TPSA) is 116 Å². The van der Waals surface area contributed by atoms with E-state index in [0.29, 0.717) is 38.4 Å². The van der Waals surface area contributed by atoms with Crippen molar-refractivity contribution < 1.29 is 22.7 Å². The number of amides is 2. The maximum absolute atomic E-state index is 13.3. The Balaban J connectivity index is 1.35. The highest BCUT2D eigenvalue weighted by Crippen LogP contribution is 2.41. The standard InChI is InChI=1S/C23H27F3N8O2/c1-3-33-6-4-17(30-33)14(2)29-21(35)32-7-5-22(13-32)19-11-18(31-34(19)8-9-36-22)15-10-16(23(24,25)26)20(27)28-12-15/h4,6,10-12,14H,3,5,7-9,13H2,1-2H3,(H2,27,28)(H,29,35)/t14?,22-/m1/s1. The van der Waals surface area contributed by atoms with Crippen molar-refractivity contribution in [3.63, 3.8) is 0 Å². The second-order valence-corrected chi connectivity index (χ2v) is 9.07. The monoisotopic (exact) mass is 504 g/mol. The summed E-state index contributed by atoms with van der Waals surface area (Å²) in [6, 6.07) is 4.05. The van der Waals surface area contributed by atoms with Gasteiger partial charge < -0.3 is 20.7 Å². The number of nitrogens with one attached hydrogen (secondary N) is 1. The lowest BCUT2D eigenvalue weighted by Crippen LogP contribution is -2.44. The van der Waals surface area contributed by atoms with Gasteiger partial charge in [-0.05, 0) is 32.0 Å². The number of pyridine rings is 1. The molecule has 5 heterocycles. The van der Waals surface area contributed by atoms with Gasteiger partial charge in [0, 0.05) is 37.5 Å². The van der Waals surface area contributed by atoms with E-state index in [9.17, 15) is 18.0 Å². The number of aromatic nitrogens is 5. The number of nitrogens with zero attached hydrogens (tertiary/aromatic N) is 6. The number of nitrogen functional groups attached to an aromatic ring is 1. The molecular weight excluding hydrogens is 477 g/mol. The molecule has 0 aliphatic carbocycles. The molecule has 192 valence electrons. The molecule has 0 bridgehead atoms. The number of rotatable bonds is 4. The first-order valence-corrected chi connectivity index (χ1v) is 11.7. The number of hydrogen-bond donors (Lipinski definition) is 2. The van der Waals surface area contributed by atoms with Crippen molar-refractivity contribution in [3.05, 3.63) is 47.5 Å². The molecule has 10 nitrogen and oxygen atoms in total. The Bertz CT molecular complexity index is 1290. The third-order valence-corrected chi connectivity index (χ3v) is 6.74. The SMILES string of the molecule is CCn1ccc(C(C)NC(=O)N2CC[C@]3(C2)OCCn2nc(-c4cnc(N)c(C(F)(F)F)c4)cc23)n1. The number of carbonyl (C=O) groups is 1. The van der Waals surface area contributed by atoms with Crippen molar-refractivity contribution >= 4 is 11.8 Å². The van der Waals surface area contributed by atoms with E-state index in [4.69, 9.17) is 10.5 Å². The summed E-state index contributed by atoms with van der Waals surface area (Å²) >= 11 is 0. The highest BCUT2D eigenvalue weighted by molar-refractivity contribution is 5.75. The second kappa shape index (κ2) is 8.80. The number of fused-ring (bicyclic) bond motifs is 2. The first kappa shape index (κ1) is 24.1. The third-order valence-electron chi connectivity index (χ3n) is 6.74. The molecule has 2 aliphatic heterocycles. The Morgan fingerprint density at radius 1 is 1.31 bits per heavy atom. The van der Waals surface area contributed by atoms with Crippen LogP contribution in [0.5, 0.6) is 0 Å². The molecule has 3 aromatic heterocycles. The van der Waals surface area contributed by atoms with Gasteiger partial charge in [-0.3, -0.25) is 9.36 Å². The zero-order chi connectivity index (χ0) is 25.7. The number of hydrogen-bond acceptors (Lipinski definition) is 6. The Morgan fingerprint density at radius 3 is 2.83 bits per heavy atom. The lowest BCUT2D eigenvalue weighted by Gasteiger charge is -2.34. The quantitative estimate of drug-likeness (QED) is 0.564. The molecule has 1 fully saturated rings. The van der Waals surface area contributed by atoms with Crippen molar-refractivity contribution in [2.45, 2.75) is 51.2 Å². The number of likely N-dealkylation sites (tertiary alicyclic amines) is 1. The predicted molar refractivity (Wildman–Crippen MR) is 124 cm³/mol. The van der Waals surface area contributed by atoms with Crippen LogP contribution in [0.15, 0.2) is 30.6 Å². The number of carbonyl (C=O) groups excluding carboxylic acids is 1. The maximum atomic E-state index is 13.3. The Hall–Kier alpha value is -3.61. The van der Waals surface area contributed by atoms with Crippen LogP contribution in [0.4, 0.5) is 23.8 Å². The fourth-order valence-corrected chi connectivity index (χ4v) is 4.76. The van der Waals surface area contributed by atoms with Crippen LogP contribution >= 0.6 is 0 Å². The molecular formula is C23H27F3N8O2. The molecule has 1 spiro atoms. The Kier molecular flexibility index (Phi) is 5.89. The molecule has 5 rings (SSSR count). The van der Waals surface area contributed by atoms with Gasteiger partial charge in [-0.2, -0.15) is 23.4 Å². The second-order valence-electron chi connectivity index (χ2n) is 9.07. The van der Waals surface area contributed by atoms with Crippen LogP contribution < -0.4 is 11.1 Å². The van der Waals surface area contributed by atoms with E-state index in [1.165, 1.54) is 6.20 Å². The molecule has 3 N–H and O–H groups in total. The van der Waals surface area contributed by atoms with Gasteiger partial charge in [-0.1, -0.05) is 0 Å². The van der Waals surface area contributed by atoms with Crippen molar-refractivity contribution in [3.8, 4) is 11.3 Å². The van der Waals surface area contributed by atoms with Gasteiger partial charge in [0.15, 0.2) is 0 Å². The lowest BCUT2D eigenvalue weighted by molar-refractivity contribution is -0.137. The van der Waals surface area contributed by atoms with Gasteiger partial charge in [0.1, 0.15) is 11.4 Å². The van der Waals surface area contributed by atoms with Crippen LogP contribution in [-0.2, 0) is 29.6 Å². The van der Waals surface area contributed by atoms with E-state index in [-0.39, 0.29) is 17.6 Å². The largest absolute Gasteiger partial charge is 0.419 e. The molecule has 2 aliphatic rings. The molecule has 13 heteroatoms. The first-order chi connectivity index (χ1) is 17.1. The molecule has 3 aromatic rings. The van der Waals surface area contributed by atoms with E-state index in [0.717, 1.165) is 24.0 Å². The molecule has 0 radical (unpaired) electrons. The summed E-state index contributed by atoms with van der Waals surface area (Å²) in [5.41, 5.74) is 5.70. The zero-order valence-electron chi connectivity index (χ0n) is 19.9. The first-order valence-electron chi connectivity index (χ1n) is 11.7. The van der Waals surface area contributed by atoms with Crippen molar-refractivity contribution in [1.82, 2.24) is 34.8 Å². The smallest absolute Gasteiger partial charge is 0.383 e. The number of urea groups is 1. The van der Waals surface area contributed by atoms with Crippen molar-refractivity contribution in [2.24, 2.45) is 0 Å². The minimum Gasteiger partial charge on any atom is -0.383 e. The van der Waals surface area contributed by atoms with E-state index in [1.807, 2.05) is 26.1 Å². The van der Waals surface area contributed by atoms with Crippen molar-refractivity contribution in [1.29, 1.82) is 0 Å². The minimum absolute atomic E-state index is 0.210. The minimum atomic E-state index is -4.62. The molecule has 36 heavy (non-hydrogen) atoms. The maximum Gasteiger partial charge on any atom is 0.419 e. The molecule has 2 atom stereocenters. The van der Waals surface area contributed by atoms with Gasteiger partial charge in [-0.25, -0.2) is 9.78 Å². The van der Waals surface area contributed by atoms with Crippen LogP contribution in [0.2, 0.25) is 0 Å². The number of ether oxygens (including phenoxy) is 1. The van der Waals surface area contributed by atoms with Crippen LogP contribution in [-0.4, -0.2) is 55.2 Å². The van der Waals surface area contributed by atoms with Crippen LogP contribution in [0.1, 0.15) is 43.3 Å². The van der Waals surface area contributed by atoms with Gasteiger partial charge in [0.05, 0.1) is 48.4 Å². The highest BCUT2D eigenvalue weighted by Gasteiger charge is 2.47. The van der Waals surface area contributed by atoms with Crippen LogP contribution in [0, 0.1) is 0 Å².